The molecule has 0 amide bonds. The summed E-state index contributed by atoms with van der Waals surface area (Å²) in [5.41, 5.74) is 1.18. The highest BCUT2D eigenvalue weighted by atomic mass is 32.3. The highest BCUT2D eigenvalue weighted by molar-refractivity contribution is 8.01. The van der Waals surface area contributed by atoms with Crippen LogP contribution in [0.2, 0.25) is 0 Å². The summed E-state index contributed by atoms with van der Waals surface area (Å²) in [7, 11) is -7.01. The van der Waals surface area contributed by atoms with Crippen LogP contribution in [0.3, 0.4) is 0 Å². The molecule has 0 radical (unpaired) electrons. The Bertz CT molecular complexity index is 566. The molecule has 3 heterocycles. The largest absolute Gasteiger partial charge is 0.726 e. The Morgan fingerprint density at radius 3 is 2.82 bits per heavy atom. The van der Waals surface area contributed by atoms with E-state index in [1.165, 1.54) is 5.56 Å². The van der Waals surface area contributed by atoms with E-state index >= 15 is 0 Å². The molecule has 1 unspecified atom stereocenters. The van der Waals surface area contributed by atoms with Crippen molar-refractivity contribution in [1.82, 2.24) is 0 Å². The van der Waals surface area contributed by atoms with Gasteiger partial charge in [-0.2, -0.15) is 4.18 Å². The number of hydrogen-bond donors (Lipinski definition) is 1. The predicted molar refractivity (Wildman–Crippen MR) is 60.9 cm³/mol. The molecule has 3 rings (SSSR count). The van der Waals surface area contributed by atoms with E-state index < -0.39 is 20.6 Å². The first-order chi connectivity index (χ1) is 7.72. The van der Waals surface area contributed by atoms with E-state index in [9.17, 15) is 4.21 Å². The van der Waals surface area contributed by atoms with Crippen LogP contribution in [0.15, 0.2) is 15.7 Å². The fraction of sp³-hybridized carbons (Fsp3) is 0.500. The Morgan fingerprint density at radius 1 is 1.65 bits per heavy atom. The third-order valence-electron chi connectivity index (χ3n) is 2.60. The van der Waals surface area contributed by atoms with Gasteiger partial charge in [-0.3, -0.25) is 4.55 Å². The lowest BCUT2D eigenvalue weighted by Gasteiger charge is -2.04. The van der Waals surface area contributed by atoms with Gasteiger partial charge in [-0.05, 0) is 18.4 Å². The minimum Gasteiger partial charge on any atom is -0.726 e. The molecule has 2 aliphatic rings. The maximum Gasteiger partial charge on any atom is 0.264 e. The maximum absolute atomic E-state index is 12.2. The molecule has 2 aliphatic heterocycles. The first kappa shape index (κ1) is 13.1. The summed E-state index contributed by atoms with van der Waals surface area (Å²) in [6, 6.07) is 2.04. The summed E-state index contributed by atoms with van der Waals surface area (Å²) in [6.07, 6.45) is 1.07. The molecule has 0 aromatic carbocycles. The zero-order chi connectivity index (χ0) is 12.8. The zero-order valence-electron chi connectivity index (χ0n) is 8.73. The molecule has 1 saturated heterocycles. The second kappa shape index (κ2) is 4.11. The quantitative estimate of drug-likeness (QED) is 0.441. The van der Waals surface area contributed by atoms with E-state index in [0.29, 0.717) is 0 Å². The van der Waals surface area contributed by atoms with Gasteiger partial charge < -0.3 is 4.55 Å². The monoisotopic (exact) mass is 298 g/mol. The van der Waals surface area contributed by atoms with Crippen molar-refractivity contribution in [2.24, 2.45) is 0 Å². The molecular formula is C8H10O6S3. The molecule has 0 saturated carbocycles. The van der Waals surface area contributed by atoms with Crippen LogP contribution in [0, 0.1) is 0 Å². The lowest BCUT2D eigenvalue weighted by molar-refractivity contribution is 0.259. The molecule has 1 fully saturated rings. The Morgan fingerprint density at radius 2 is 2.24 bits per heavy atom. The van der Waals surface area contributed by atoms with E-state index in [2.05, 4.69) is 0 Å². The number of thiophene rings is 1. The minimum atomic E-state index is -4.92. The molecule has 0 spiro atoms. The predicted octanol–water partition coefficient (Wildman–Crippen LogP) is 1.39. The van der Waals surface area contributed by atoms with Crippen molar-refractivity contribution in [3.05, 3.63) is 17.0 Å². The van der Waals surface area contributed by atoms with Gasteiger partial charge in [0.1, 0.15) is 6.10 Å². The standard InChI is InChI=1S/C8H9O2S2.H2O4S/c1-5-4-7-6-2-3-11-8(6)12(5,9)10-7;1-5(2,3)4/h2-3,5,7H,4H2,1H3;(H2,1,2,3,4)/q+1;/p-1/t5-,7-,12?;/m0./s1. The average Bonchev–Trinajstić information content (AvgIpc) is 2.73. The zero-order valence-corrected chi connectivity index (χ0v) is 11.2. The number of hydrogen-bond acceptors (Lipinski definition) is 6. The first-order valence-corrected chi connectivity index (χ1v) is 8.48. The van der Waals surface area contributed by atoms with Crippen molar-refractivity contribution in [3.63, 3.8) is 0 Å². The molecule has 1 aromatic heterocycles. The Balaban J connectivity index is 0.000000188. The highest BCUT2D eigenvalue weighted by Gasteiger charge is 2.60. The van der Waals surface area contributed by atoms with E-state index in [1.54, 1.807) is 11.3 Å². The summed E-state index contributed by atoms with van der Waals surface area (Å²) >= 11 is 1.58. The Kier molecular flexibility index (Phi) is 3.17. The molecular weight excluding hydrogens is 288 g/mol. The lowest BCUT2D eigenvalue weighted by Crippen LogP contribution is -2.18. The molecule has 17 heavy (non-hydrogen) atoms. The van der Waals surface area contributed by atoms with Crippen molar-refractivity contribution < 1.29 is 25.9 Å². The van der Waals surface area contributed by atoms with Crippen molar-refractivity contribution in [2.45, 2.75) is 28.9 Å². The van der Waals surface area contributed by atoms with E-state index in [-0.39, 0.29) is 11.4 Å². The van der Waals surface area contributed by atoms with Crippen LogP contribution in [0.5, 0.6) is 0 Å². The van der Waals surface area contributed by atoms with Crippen LogP contribution in [0.4, 0.5) is 0 Å². The summed E-state index contributed by atoms with van der Waals surface area (Å²) in [5.74, 6) is 0. The Labute approximate surface area is 104 Å². The second-order valence-electron chi connectivity index (χ2n) is 3.77. The van der Waals surface area contributed by atoms with Gasteiger partial charge in [0.25, 0.3) is 14.4 Å². The van der Waals surface area contributed by atoms with Crippen LogP contribution in [-0.2, 0) is 29.0 Å². The average molecular weight is 298 g/mol. The van der Waals surface area contributed by atoms with E-state index in [4.69, 9.17) is 21.7 Å². The topological polar surface area (TPSA) is 104 Å². The Hall–Kier alpha value is -0.320. The summed E-state index contributed by atoms with van der Waals surface area (Å²) in [4.78, 5) is 0. The summed E-state index contributed by atoms with van der Waals surface area (Å²) in [6.45, 7) is 2.02. The van der Waals surface area contributed by atoms with E-state index in [0.717, 1.165) is 10.6 Å². The number of fused-ring (bicyclic) bond motifs is 5. The van der Waals surface area contributed by atoms with Gasteiger partial charge in [0.05, 0.1) is 5.56 Å². The van der Waals surface area contributed by atoms with Gasteiger partial charge >= 0.3 is 0 Å². The second-order valence-corrected chi connectivity index (χ2v) is 8.29. The van der Waals surface area contributed by atoms with Gasteiger partial charge in [0.15, 0.2) is 5.25 Å². The maximum atomic E-state index is 12.2. The molecule has 6 nitrogen and oxygen atoms in total. The van der Waals surface area contributed by atoms with Crippen molar-refractivity contribution >= 4 is 31.9 Å². The van der Waals surface area contributed by atoms with Crippen LogP contribution >= 0.6 is 11.3 Å². The normalized spacial score (nSPS) is 34.1. The van der Waals surface area contributed by atoms with Gasteiger partial charge in [0, 0.05) is 6.42 Å². The van der Waals surface area contributed by atoms with E-state index in [1.807, 2.05) is 18.4 Å². The fourth-order valence-corrected chi connectivity index (χ4v) is 6.03. The fourth-order valence-electron chi connectivity index (χ4n) is 1.92. The summed E-state index contributed by atoms with van der Waals surface area (Å²) in [5, 5.41) is 2.23. The minimum absolute atomic E-state index is 0.133. The summed E-state index contributed by atoms with van der Waals surface area (Å²) < 4.78 is 51.6. The SMILES string of the molecule is C[C@H]1C[C@@H]2O[S+]1(=O)c1sccc12.O=S(=O)([O-])O. The van der Waals surface area contributed by atoms with Gasteiger partial charge in [-0.1, -0.05) is 15.5 Å². The van der Waals surface area contributed by atoms with Gasteiger partial charge in [-0.15, -0.1) is 0 Å². The molecule has 1 N–H and O–H groups in total. The molecule has 2 bridgehead atoms. The van der Waals surface area contributed by atoms with Crippen LogP contribution < -0.4 is 0 Å². The van der Waals surface area contributed by atoms with Gasteiger partial charge in [0.2, 0.25) is 10.4 Å². The first-order valence-electron chi connectivity index (χ1n) is 4.69. The van der Waals surface area contributed by atoms with Crippen molar-refractivity contribution in [2.75, 3.05) is 0 Å². The van der Waals surface area contributed by atoms with Gasteiger partial charge in [-0.25, -0.2) is 8.42 Å². The third-order valence-corrected chi connectivity index (χ3v) is 6.83. The highest BCUT2D eigenvalue weighted by Crippen LogP contribution is 2.55. The van der Waals surface area contributed by atoms with Crippen molar-refractivity contribution in [3.8, 4) is 0 Å². The smallest absolute Gasteiger partial charge is 0.264 e. The van der Waals surface area contributed by atoms with Crippen LogP contribution in [0.1, 0.15) is 25.0 Å². The van der Waals surface area contributed by atoms with Crippen molar-refractivity contribution in [1.29, 1.82) is 0 Å². The number of rotatable bonds is 0. The molecule has 9 heteroatoms. The molecule has 96 valence electrons. The lowest BCUT2D eigenvalue weighted by atomic mass is 10.1. The molecule has 3 atom stereocenters. The third kappa shape index (κ3) is 2.44. The van der Waals surface area contributed by atoms with Crippen LogP contribution in [-0.4, -0.2) is 22.8 Å². The molecule has 1 aromatic rings. The van der Waals surface area contributed by atoms with Crippen LogP contribution in [0.25, 0.3) is 0 Å². The molecule has 0 aliphatic carbocycles.